The van der Waals surface area contributed by atoms with Crippen LogP contribution in [0.4, 0.5) is 10.5 Å². The molecule has 0 fully saturated rings. The van der Waals surface area contributed by atoms with Crippen LogP contribution in [0.2, 0.25) is 5.02 Å². The fourth-order valence-electron chi connectivity index (χ4n) is 1.23. The first-order valence-corrected chi connectivity index (χ1v) is 5.87. The predicted octanol–water partition coefficient (Wildman–Crippen LogP) is 1.61. The first-order valence-electron chi connectivity index (χ1n) is 5.49. The van der Waals surface area contributed by atoms with Crippen molar-refractivity contribution in [2.75, 3.05) is 11.9 Å². The number of hydrogen-bond donors (Lipinski definition) is 4. The maximum absolute atomic E-state index is 11.6. The van der Waals surface area contributed by atoms with E-state index in [4.69, 9.17) is 16.7 Å². The van der Waals surface area contributed by atoms with E-state index >= 15 is 0 Å². The zero-order valence-corrected chi connectivity index (χ0v) is 11.3. The van der Waals surface area contributed by atoms with E-state index in [1.54, 1.807) is 18.2 Å². The Morgan fingerprint density at radius 1 is 1.42 bits per heavy atom. The smallest absolute Gasteiger partial charge is 0.337 e. The van der Waals surface area contributed by atoms with Gasteiger partial charge in [-0.25, -0.2) is 9.59 Å². The van der Waals surface area contributed by atoms with Gasteiger partial charge < -0.3 is 20.8 Å². The van der Waals surface area contributed by atoms with E-state index in [0.717, 1.165) is 12.5 Å². The minimum Gasteiger partial charge on any atom is -0.479 e. The van der Waals surface area contributed by atoms with Gasteiger partial charge in [0.25, 0.3) is 0 Å². The van der Waals surface area contributed by atoms with Gasteiger partial charge in [-0.15, -0.1) is 0 Å². The molecule has 0 heterocycles. The van der Waals surface area contributed by atoms with Gasteiger partial charge in [-0.2, -0.15) is 0 Å². The fraction of sp³-hybridized carbons (Fsp3) is 0.333. The van der Waals surface area contributed by atoms with Gasteiger partial charge in [0.05, 0.1) is 17.3 Å². The molecule has 7 heteroatoms. The number of carbonyl (C=O) groups is 2. The topological polar surface area (TPSA) is 98.7 Å². The second-order valence-corrected chi connectivity index (χ2v) is 4.78. The van der Waals surface area contributed by atoms with E-state index in [0.29, 0.717) is 10.7 Å². The van der Waals surface area contributed by atoms with Crippen LogP contribution in [0.15, 0.2) is 18.2 Å². The summed E-state index contributed by atoms with van der Waals surface area (Å²) in [7, 11) is 0. The largest absolute Gasteiger partial charge is 0.479 e. The molecule has 0 aromatic heterocycles. The Labute approximate surface area is 115 Å². The summed E-state index contributed by atoms with van der Waals surface area (Å²) in [6, 6.07) is 4.46. The van der Waals surface area contributed by atoms with E-state index in [1.165, 1.54) is 0 Å². The number of aliphatic carboxylic acids is 1. The Kier molecular flexibility index (Phi) is 4.74. The van der Waals surface area contributed by atoms with Crippen molar-refractivity contribution in [2.45, 2.75) is 19.4 Å². The molecular weight excluding hydrogens is 272 g/mol. The highest BCUT2D eigenvalue weighted by Crippen LogP contribution is 2.22. The van der Waals surface area contributed by atoms with Gasteiger partial charge in [0.2, 0.25) is 0 Å². The molecule has 0 radical (unpaired) electrons. The van der Waals surface area contributed by atoms with Crippen LogP contribution in [0.5, 0.6) is 0 Å². The minimum absolute atomic E-state index is 0.366. The van der Waals surface area contributed by atoms with Crippen LogP contribution in [0.1, 0.15) is 12.5 Å². The van der Waals surface area contributed by atoms with Gasteiger partial charge in [-0.1, -0.05) is 17.7 Å². The molecule has 0 aliphatic carbocycles. The van der Waals surface area contributed by atoms with E-state index < -0.39 is 24.1 Å². The van der Waals surface area contributed by atoms with Crippen molar-refractivity contribution in [1.82, 2.24) is 5.32 Å². The molecule has 0 aliphatic rings. The van der Waals surface area contributed by atoms with Crippen molar-refractivity contribution < 1.29 is 19.8 Å². The summed E-state index contributed by atoms with van der Waals surface area (Å²) in [5.41, 5.74) is -0.695. The number of aryl methyl sites for hydroxylation is 1. The van der Waals surface area contributed by atoms with Gasteiger partial charge in [-0.3, -0.25) is 0 Å². The molecule has 1 atom stereocenters. The number of benzene rings is 1. The van der Waals surface area contributed by atoms with E-state index in [9.17, 15) is 14.7 Å². The third kappa shape index (κ3) is 4.42. The number of amides is 2. The third-order valence-corrected chi connectivity index (χ3v) is 2.75. The Hall–Kier alpha value is -1.79. The van der Waals surface area contributed by atoms with Gasteiger partial charge in [-0.05, 0) is 31.5 Å². The molecule has 1 unspecified atom stereocenters. The summed E-state index contributed by atoms with van der Waals surface area (Å²) < 4.78 is 0. The zero-order valence-electron chi connectivity index (χ0n) is 10.5. The lowest BCUT2D eigenvalue weighted by Crippen LogP contribution is -2.47. The molecule has 6 nitrogen and oxygen atoms in total. The summed E-state index contributed by atoms with van der Waals surface area (Å²) >= 11 is 5.89. The van der Waals surface area contributed by atoms with Crippen LogP contribution < -0.4 is 10.6 Å². The number of halogens is 1. The molecule has 1 aromatic rings. The highest BCUT2D eigenvalue weighted by Gasteiger charge is 2.30. The summed E-state index contributed by atoms with van der Waals surface area (Å²) in [5.74, 6) is -1.42. The molecule has 0 bridgehead atoms. The van der Waals surface area contributed by atoms with Gasteiger partial charge in [0.15, 0.2) is 5.60 Å². The van der Waals surface area contributed by atoms with Crippen molar-refractivity contribution >= 4 is 29.3 Å². The average Bonchev–Trinajstić information content (AvgIpc) is 2.31. The lowest BCUT2D eigenvalue weighted by Gasteiger charge is -2.18. The van der Waals surface area contributed by atoms with Gasteiger partial charge >= 0.3 is 12.0 Å². The van der Waals surface area contributed by atoms with Crippen molar-refractivity contribution in [3.05, 3.63) is 28.8 Å². The molecule has 0 aliphatic heterocycles. The fourth-order valence-corrected chi connectivity index (χ4v) is 1.39. The number of rotatable bonds is 4. The van der Waals surface area contributed by atoms with Crippen LogP contribution in [-0.2, 0) is 4.79 Å². The second kappa shape index (κ2) is 5.90. The van der Waals surface area contributed by atoms with Gasteiger partial charge in [0, 0.05) is 0 Å². The molecule has 0 saturated carbocycles. The summed E-state index contributed by atoms with van der Waals surface area (Å²) in [6.45, 7) is 2.52. The zero-order chi connectivity index (χ0) is 14.6. The first kappa shape index (κ1) is 15.3. The SMILES string of the molecule is Cc1ccc(Cl)c(NC(=O)NCC(C)(O)C(=O)O)c1. The highest BCUT2D eigenvalue weighted by molar-refractivity contribution is 6.33. The van der Waals surface area contributed by atoms with Crippen LogP contribution >= 0.6 is 11.6 Å². The number of urea groups is 1. The first-order chi connectivity index (χ1) is 8.72. The van der Waals surface area contributed by atoms with E-state index in [-0.39, 0.29) is 0 Å². The lowest BCUT2D eigenvalue weighted by molar-refractivity contribution is -0.155. The molecule has 104 valence electrons. The van der Waals surface area contributed by atoms with E-state index in [1.807, 2.05) is 6.92 Å². The molecule has 1 rings (SSSR count). The number of anilines is 1. The molecule has 2 amide bonds. The Morgan fingerprint density at radius 2 is 2.05 bits per heavy atom. The van der Waals surface area contributed by atoms with Gasteiger partial charge in [0.1, 0.15) is 0 Å². The number of aliphatic hydroxyl groups is 1. The normalized spacial score (nSPS) is 13.5. The molecule has 19 heavy (non-hydrogen) atoms. The van der Waals surface area contributed by atoms with E-state index in [2.05, 4.69) is 10.6 Å². The van der Waals surface area contributed by atoms with Crippen LogP contribution in [-0.4, -0.2) is 34.4 Å². The number of carbonyl (C=O) groups excluding carboxylic acids is 1. The molecule has 4 N–H and O–H groups in total. The summed E-state index contributed by atoms with van der Waals surface area (Å²) in [4.78, 5) is 22.2. The van der Waals surface area contributed by atoms with Crippen molar-refractivity contribution in [1.29, 1.82) is 0 Å². The minimum atomic E-state index is -2.02. The number of nitrogens with one attached hydrogen (secondary N) is 2. The highest BCUT2D eigenvalue weighted by atomic mass is 35.5. The lowest BCUT2D eigenvalue weighted by atomic mass is 10.1. The number of carboxylic acids is 1. The Bertz CT molecular complexity index is 503. The van der Waals surface area contributed by atoms with Crippen molar-refractivity contribution in [2.24, 2.45) is 0 Å². The Morgan fingerprint density at radius 3 is 2.63 bits per heavy atom. The molecular formula is C12H15ClN2O4. The second-order valence-electron chi connectivity index (χ2n) is 4.37. The maximum atomic E-state index is 11.6. The van der Waals surface area contributed by atoms with Crippen LogP contribution in [0, 0.1) is 6.92 Å². The molecule has 1 aromatic carbocycles. The third-order valence-electron chi connectivity index (χ3n) is 2.42. The number of hydrogen-bond acceptors (Lipinski definition) is 3. The summed E-state index contributed by atoms with van der Waals surface area (Å²) in [6.07, 6.45) is 0. The predicted molar refractivity (Wildman–Crippen MR) is 71.5 cm³/mol. The Balaban J connectivity index is 2.61. The van der Waals surface area contributed by atoms with Crippen LogP contribution in [0.3, 0.4) is 0 Å². The number of carboxylic acid groups (broad SMARTS) is 1. The summed E-state index contributed by atoms with van der Waals surface area (Å²) in [5, 5.41) is 23.2. The molecule has 0 spiro atoms. The standard InChI is InChI=1S/C12H15ClN2O4/c1-7-3-4-8(13)9(5-7)15-11(18)14-6-12(2,19)10(16)17/h3-5,19H,6H2,1-2H3,(H,16,17)(H2,14,15,18). The monoisotopic (exact) mass is 286 g/mol. The molecule has 0 saturated heterocycles. The average molecular weight is 287 g/mol. The van der Waals surface area contributed by atoms with Crippen molar-refractivity contribution in [3.8, 4) is 0 Å². The van der Waals surface area contributed by atoms with Crippen molar-refractivity contribution in [3.63, 3.8) is 0 Å². The van der Waals surface area contributed by atoms with Crippen LogP contribution in [0.25, 0.3) is 0 Å². The maximum Gasteiger partial charge on any atom is 0.337 e. The quantitative estimate of drug-likeness (QED) is 0.676.